The maximum absolute atomic E-state index is 6.61. The number of ether oxygens (including phenoxy) is 1. The number of pyridine rings is 2. The molecule has 0 bridgehead atoms. The molecular weight excluding hydrogens is 408 g/mol. The molecule has 5 nitrogen and oxygen atoms in total. The van der Waals surface area contributed by atoms with Crippen LogP contribution in [0.5, 0.6) is 0 Å². The van der Waals surface area contributed by atoms with Crippen molar-refractivity contribution >= 4 is 27.9 Å². The minimum atomic E-state index is 0.264. The number of aromatic nitrogens is 3. The van der Waals surface area contributed by atoms with Crippen LogP contribution in [-0.4, -0.2) is 52.3 Å². The largest absolute Gasteiger partial charge is 0.379 e. The van der Waals surface area contributed by atoms with Gasteiger partial charge in [-0.1, -0.05) is 36.7 Å². The number of hydrogen-bond acceptors (Lipinski definition) is 4. The van der Waals surface area contributed by atoms with Crippen molar-refractivity contribution in [2.45, 2.75) is 25.7 Å². The number of nitrogens with zero attached hydrogens (tertiary/aromatic N) is 4. The summed E-state index contributed by atoms with van der Waals surface area (Å²) in [7, 11) is 0. The number of hydrogen-bond donors (Lipinski definition) is 0. The smallest absolute Gasteiger partial charge is 0.0664 e. The fraction of sp³-hybridized carbons (Fsp3) is 0.360. The van der Waals surface area contributed by atoms with Gasteiger partial charge in [-0.3, -0.25) is 9.88 Å². The standard InChI is InChI=1S/C25H27ClN4O/c1-18(16-21-6-3-5-20-8-10-27-30(20)21)24-17-19-4-2-7-22(26)25(19)23(28-24)9-11-29-12-14-31-15-13-29/h2-8,10,17-18H,9,11-16H2,1H3/t18-/m1/s1. The van der Waals surface area contributed by atoms with Gasteiger partial charge in [-0.25, -0.2) is 4.52 Å². The third-order valence-corrected chi connectivity index (χ3v) is 6.51. The molecule has 0 spiro atoms. The number of rotatable bonds is 6. The Morgan fingerprint density at radius 1 is 1.10 bits per heavy atom. The second-order valence-electron chi connectivity index (χ2n) is 8.33. The van der Waals surface area contributed by atoms with Gasteiger partial charge >= 0.3 is 0 Å². The summed E-state index contributed by atoms with van der Waals surface area (Å²) >= 11 is 6.61. The van der Waals surface area contributed by atoms with Crippen molar-refractivity contribution in [1.29, 1.82) is 0 Å². The molecule has 0 N–H and O–H groups in total. The molecule has 0 aliphatic carbocycles. The Balaban J connectivity index is 1.46. The third kappa shape index (κ3) is 4.31. The molecule has 1 saturated heterocycles. The SMILES string of the molecule is C[C@H](Cc1cccc2ccnn12)c1cc2cccc(Cl)c2c(CCN2CCOCC2)n1. The molecule has 31 heavy (non-hydrogen) atoms. The van der Waals surface area contributed by atoms with Crippen LogP contribution in [0.25, 0.3) is 16.3 Å². The predicted octanol–water partition coefficient (Wildman–Crippen LogP) is 4.76. The van der Waals surface area contributed by atoms with Gasteiger partial charge in [0.05, 0.1) is 29.4 Å². The second kappa shape index (κ2) is 8.95. The van der Waals surface area contributed by atoms with E-state index in [1.807, 2.05) is 28.9 Å². The lowest BCUT2D eigenvalue weighted by Gasteiger charge is -2.26. The van der Waals surface area contributed by atoms with Crippen molar-refractivity contribution in [2.75, 3.05) is 32.8 Å². The van der Waals surface area contributed by atoms with Crippen molar-refractivity contribution in [3.8, 4) is 0 Å². The summed E-state index contributed by atoms with van der Waals surface area (Å²) in [6.45, 7) is 6.80. The van der Waals surface area contributed by atoms with Crippen LogP contribution >= 0.6 is 11.6 Å². The molecule has 4 aromatic rings. The van der Waals surface area contributed by atoms with Crippen molar-refractivity contribution in [2.24, 2.45) is 0 Å². The molecule has 0 unspecified atom stereocenters. The van der Waals surface area contributed by atoms with Crippen LogP contribution in [0.1, 0.15) is 29.9 Å². The van der Waals surface area contributed by atoms with Crippen LogP contribution < -0.4 is 0 Å². The van der Waals surface area contributed by atoms with Crippen LogP contribution in [0, 0.1) is 0 Å². The van der Waals surface area contributed by atoms with E-state index in [9.17, 15) is 0 Å². The first-order chi connectivity index (χ1) is 15.2. The van der Waals surface area contributed by atoms with Crippen LogP contribution in [-0.2, 0) is 17.6 Å². The van der Waals surface area contributed by atoms with Crippen LogP contribution in [0.2, 0.25) is 5.02 Å². The van der Waals surface area contributed by atoms with Gasteiger partial charge in [0.1, 0.15) is 0 Å². The number of halogens is 1. The molecule has 1 aliphatic heterocycles. The van der Waals surface area contributed by atoms with Gasteiger partial charge in [0.15, 0.2) is 0 Å². The Hall–Kier alpha value is -2.47. The maximum atomic E-state index is 6.61. The zero-order chi connectivity index (χ0) is 21.2. The minimum absolute atomic E-state index is 0.264. The summed E-state index contributed by atoms with van der Waals surface area (Å²) in [6.07, 6.45) is 3.61. The van der Waals surface area contributed by atoms with Crippen molar-refractivity contribution in [1.82, 2.24) is 19.5 Å². The normalized spacial score (nSPS) is 16.2. The molecule has 0 radical (unpaired) electrons. The fourth-order valence-electron chi connectivity index (χ4n) is 4.47. The summed E-state index contributed by atoms with van der Waals surface area (Å²) < 4.78 is 7.51. The van der Waals surface area contributed by atoms with E-state index in [1.165, 1.54) is 11.1 Å². The van der Waals surface area contributed by atoms with Crippen molar-refractivity contribution < 1.29 is 4.74 Å². The second-order valence-corrected chi connectivity index (χ2v) is 8.73. The third-order valence-electron chi connectivity index (χ3n) is 6.19. The average molecular weight is 435 g/mol. The zero-order valence-electron chi connectivity index (χ0n) is 17.8. The average Bonchev–Trinajstić information content (AvgIpc) is 3.28. The van der Waals surface area contributed by atoms with Gasteiger partial charge in [0.25, 0.3) is 0 Å². The Labute approximate surface area is 187 Å². The van der Waals surface area contributed by atoms with E-state index >= 15 is 0 Å². The molecule has 1 aromatic carbocycles. The number of fused-ring (bicyclic) bond motifs is 2. The summed E-state index contributed by atoms with van der Waals surface area (Å²) in [5, 5.41) is 7.52. The Bertz CT molecular complexity index is 1200. The van der Waals surface area contributed by atoms with E-state index in [-0.39, 0.29) is 5.92 Å². The molecule has 160 valence electrons. The van der Waals surface area contributed by atoms with Gasteiger partial charge in [0, 0.05) is 54.9 Å². The summed E-state index contributed by atoms with van der Waals surface area (Å²) in [6, 6.07) is 16.7. The topological polar surface area (TPSA) is 42.7 Å². The molecule has 1 aliphatic rings. The minimum Gasteiger partial charge on any atom is -0.379 e. The molecule has 0 saturated carbocycles. The van der Waals surface area contributed by atoms with Crippen molar-refractivity contribution in [3.05, 3.63) is 76.8 Å². The Kier molecular flexibility index (Phi) is 5.90. The molecule has 4 heterocycles. The first-order valence-electron chi connectivity index (χ1n) is 11.0. The molecule has 1 atom stereocenters. The van der Waals surface area contributed by atoms with Crippen LogP contribution in [0.3, 0.4) is 0 Å². The molecule has 0 amide bonds. The highest BCUT2D eigenvalue weighted by molar-refractivity contribution is 6.35. The van der Waals surface area contributed by atoms with E-state index in [2.05, 4.69) is 47.3 Å². The summed E-state index contributed by atoms with van der Waals surface area (Å²) in [4.78, 5) is 7.58. The lowest BCUT2D eigenvalue weighted by molar-refractivity contribution is 0.0384. The molecule has 5 rings (SSSR count). The quantitative estimate of drug-likeness (QED) is 0.439. The highest BCUT2D eigenvalue weighted by atomic mass is 35.5. The number of morpholine rings is 1. The van der Waals surface area contributed by atoms with Crippen LogP contribution in [0.15, 0.2) is 54.7 Å². The maximum Gasteiger partial charge on any atom is 0.0664 e. The molecule has 1 fully saturated rings. The van der Waals surface area contributed by atoms with E-state index < -0.39 is 0 Å². The van der Waals surface area contributed by atoms with Gasteiger partial charge in [-0.15, -0.1) is 0 Å². The van der Waals surface area contributed by atoms with E-state index in [0.29, 0.717) is 0 Å². The Morgan fingerprint density at radius 2 is 1.94 bits per heavy atom. The molecule has 3 aromatic heterocycles. The zero-order valence-corrected chi connectivity index (χ0v) is 18.6. The fourth-order valence-corrected chi connectivity index (χ4v) is 4.76. The summed E-state index contributed by atoms with van der Waals surface area (Å²) in [5.41, 5.74) is 4.51. The van der Waals surface area contributed by atoms with Crippen LogP contribution in [0.4, 0.5) is 0 Å². The monoisotopic (exact) mass is 434 g/mol. The van der Waals surface area contributed by atoms with Gasteiger partial charge < -0.3 is 4.74 Å². The first kappa shape index (κ1) is 20.4. The van der Waals surface area contributed by atoms with E-state index in [4.69, 9.17) is 21.3 Å². The molecule has 6 heteroatoms. The highest BCUT2D eigenvalue weighted by Gasteiger charge is 2.17. The number of benzene rings is 1. The Morgan fingerprint density at radius 3 is 2.81 bits per heavy atom. The van der Waals surface area contributed by atoms with Gasteiger partial charge in [0.2, 0.25) is 0 Å². The predicted molar refractivity (Wildman–Crippen MR) is 125 cm³/mol. The summed E-state index contributed by atoms with van der Waals surface area (Å²) in [5.74, 6) is 0.264. The van der Waals surface area contributed by atoms with E-state index in [1.54, 1.807) is 0 Å². The van der Waals surface area contributed by atoms with Crippen molar-refractivity contribution in [3.63, 3.8) is 0 Å². The van der Waals surface area contributed by atoms with Gasteiger partial charge in [-0.2, -0.15) is 5.10 Å². The first-order valence-corrected chi connectivity index (χ1v) is 11.4. The van der Waals surface area contributed by atoms with E-state index in [0.717, 1.165) is 73.0 Å². The molecular formula is C25H27ClN4O. The highest BCUT2D eigenvalue weighted by Crippen LogP contribution is 2.30. The lowest BCUT2D eigenvalue weighted by atomic mass is 9.97. The lowest BCUT2D eigenvalue weighted by Crippen LogP contribution is -2.37. The van der Waals surface area contributed by atoms with Gasteiger partial charge in [-0.05, 0) is 42.1 Å².